The molecular formula is C21H18N2O4. The SMILES string of the molecule is CC[C@@]1(O)C(=O)OC(C)c2c1cc1n(c2=O)Cc2cc3ccccc3nc2-1. The zero-order valence-corrected chi connectivity index (χ0v) is 15.0. The summed E-state index contributed by atoms with van der Waals surface area (Å²) < 4.78 is 6.94. The van der Waals surface area contributed by atoms with Crippen LogP contribution < -0.4 is 5.56 Å². The van der Waals surface area contributed by atoms with E-state index in [1.54, 1.807) is 24.5 Å². The van der Waals surface area contributed by atoms with E-state index >= 15 is 0 Å². The third-order valence-electron chi connectivity index (χ3n) is 5.70. The summed E-state index contributed by atoms with van der Waals surface area (Å²) in [6.07, 6.45) is -0.563. The maximum atomic E-state index is 13.2. The van der Waals surface area contributed by atoms with Gasteiger partial charge in [0, 0.05) is 16.5 Å². The summed E-state index contributed by atoms with van der Waals surface area (Å²) in [5, 5.41) is 12.0. The largest absolute Gasteiger partial charge is 0.455 e. The molecule has 0 amide bonds. The number of carbonyl (C=O) groups is 1. The Kier molecular flexibility index (Phi) is 3.16. The molecule has 0 fully saturated rings. The van der Waals surface area contributed by atoms with E-state index in [0.717, 1.165) is 22.2 Å². The van der Waals surface area contributed by atoms with Crippen molar-refractivity contribution in [2.24, 2.45) is 0 Å². The zero-order chi connectivity index (χ0) is 18.9. The van der Waals surface area contributed by atoms with E-state index in [0.29, 0.717) is 23.4 Å². The molecule has 1 unspecified atom stereocenters. The maximum absolute atomic E-state index is 13.2. The first-order valence-corrected chi connectivity index (χ1v) is 9.04. The monoisotopic (exact) mass is 362 g/mol. The number of nitrogens with zero attached hydrogens (tertiary/aromatic N) is 2. The van der Waals surface area contributed by atoms with Crippen LogP contribution in [0.15, 0.2) is 41.2 Å². The average molecular weight is 362 g/mol. The van der Waals surface area contributed by atoms with Gasteiger partial charge in [-0.05, 0) is 31.5 Å². The third-order valence-corrected chi connectivity index (χ3v) is 5.70. The van der Waals surface area contributed by atoms with Crippen molar-refractivity contribution in [3.05, 3.63) is 63.4 Å². The van der Waals surface area contributed by atoms with Gasteiger partial charge in [0.2, 0.25) is 0 Å². The van der Waals surface area contributed by atoms with E-state index in [1.165, 1.54) is 0 Å². The molecule has 0 spiro atoms. The number of pyridine rings is 2. The molecule has 2 atom stereocenters. The van der Waals surface area contributed by atoms with Gasteiger partial charge in [-0.1, -0.05) is 25.1 Å². The summed E-state index contributed by atoms with van der Waals surface area (Å²) in [6.45, 7) is 3.78. The lowest BCUT2D eigenvalue weighted by Gasteiger charge is -2.34. The van der Waals surface area contributed by atoms with Gasteiger partial charge >= 0.3 is 5.97 Å². The summed E-state index contributed by atoms with van der Waals surface area (Å²) in [5.74, 6) is -0.709. The first-order valence-electron chi connectivity index (χ1n) is 9.04. The number of aliphatic hydroxyl groups is 1. The van der Waals surface area contributed by atoms with Gasteiger partial charge in [0.25, 0.3) is 5.56 Å². The number of hydrogen-bond acceptors (Lipinski definition) is 5. The van der Waals surface area contributed by atoms with Gasteiger partial charge in [-0.15, -0.1) is 0 Å². The summed E-state index contributed by atoms with van der Waals surface area (Å²) in [4.78, 5) is 30.3. The molecule has 4 heterocycles. The van der Waals surface area contributed by atoms with Crippen molar-refractivity contribution in [3.63, 3.8) is 0 Å². The second-order valence-electron chi connectivity index (χ2n) is 7.20. The zero-order valence-electron chi connectivity index (χ0n) is 15.0. The van der Waals surface area contributed by atoms with Crippen LogP contribution in [0.3, 0.4) is 0 Å². The standard InChI is InChI=1S/C21H18N2O4/c1-3-21(26)14-9-16-18-13(8-12-6-4-5-7-15(12)22-18)10-23(16)19(24)17(14)11(2)27-20(21)25/h4-9,11,26H,3,10H2,1-2H3/t11?,21-/m0/s1. The van der Waals surface area contributed by atoms with Crippen LogP contribution in [-0.4, -0.2) is 20.6 Å². The Hall–Kier alpha value is -2.99. The van der Waals surface area contributed by atoms with E-state index in [9.17, 15) is 14.7 Å². The molecule has 136 valence electrons. The van der Waals surface area contributed by atoms with Crippen LogP contribution in [0.4, 0.5) is 0 Å². The van der Waals surface area contributed by atoms with Crippen LogP contribution in [0.2, 0.25) is 0 Å². The summed E-state index contributed by atoms with van der Waals surface area (Å²) >= 11 is 0. The number of ether oxygens (including phenoxy) is 1. The minimum Gasteiger partial charge on any atom is -0.455 e. The predicted molar refractivity (Wildman–Crippen MR) is 99.2 cm³/mol. The molecule has 6 heteroatoms. The lowest BCUT2D eigenvalue weighted by atomic mass is 9.84. The minimum absolute atomic E-state index is 0.131. The molecular weight excluding hydrogens is 344 g/mol. The van der Waals surface area contributed by atoms with Crippen molar-refractivity contribution in [2.75, 3.05) is 0 Å². The number of para-hydroxylation sites is 1. The molecule has 2 aromatic heterocycles. The van der Waals surface area contributed by atoms with Gasteiger partial charge in [0.05, 0.1) is 29.0 Å². The van der Waals surface area contributed by atoms with Gasteiger partial charge in [0.15, 0.2) is 5.60 Å². The molecule has 2 aliphatic heterocycles. The van der Waals surface area contributed by atoms with Gasteiger partial charge in [-0.2, -0.15) is 0 Å². The highest BCUT2D eigenvalue weighted by molar-refractivity contribution is 5.86. The highest BCUT2D eigenvalue weighted by atomic mass is 16.6. The van der Waals surface area contributed by atoms with Crippen molar-refractivity contribution in [1.82, 2.24) is 9.55 Å². The quantitative estimate of drug-likeness (QED) is 0.527. The second-order valence-corrected chi connectivity index (χ2v) is 7.20. The average Bonchev–Trinajstić information content (AvgIpc) is 3.02. The number of rotatable bonds is 1. The van der Waals surface area contributed by atoms with Crippen molar-refractivity contribution in [1.29, 1.82) is 0 Å². The van der Waals surface area contributed by atoms with Crippen LogP contribution in [0.1, 0.15) is 43.1 Å². The molecule has 0 saturated heterocycles. The lowest BCUT2D eigenvalue weighted by Crippen LogP contribution is -2.45. The van der Waals surface area contributed by atoms with Gasteiger partial charge in [-0.3, -0.25) is 4.79 Å². The number of cyclic esters (lactones) is 1. The number of aromatic nitrogens is 2. The number of esters is 1. The van der Waals surface area contributed by atoms with Crippen molar-refractivity contribution in [3.8, 4) is 11.4 Å². The molecule has 1 aromatic carbocycles. The van der Waals surface area contributed by atoms with E-state index in [1.807, 2.05) is 30.3 Å². The number of benzene rings is 1. The Bertz CT molecular complexity index is 1200. The first kappa shape index (κ1) is 16.2. The van der Waals surface area contributed by atoms with Crippen LogP contribution >= 0.6 is 0 Å². The lowest BCUT2D eigenvalue weighted by molar-refractivity contribution is -0.177. The first-order chi connectivity index (χ1) is 12.9. The Morgan fingerprint density at radius 1 is 1.30 bits per heavy atom. The van der Waals surface area contributed by atoms with Crippen molar-refractivity contribution >= 4 is 16.9 Å². The highest BCUT2D eigenvalue weighted by Gasteiger charge is 2.47. The number of fused-ring (bicyclic) bond motifs is 5. The molecule has 0 bridgehead atoms. The Morgan fingerprint density at radius 3 is 2.85 bits per heavy atom. The molecule has 0 aliphatic carbocycles. The molecule has 27 heavy (non-hydrogen) atoms. The van der Waals surface area contributed by atoms with Crippen molar-refractivity contribution in [2.45, 2.75) is 38.5 Å². The molecule has 3 aromatic rings. The third kappa shape index (κ3) is 2.01. The van der Waals surface area contributed by atoms with Gasteiger partial charge in [-0.25, -0.2) is 9.78 Å². The molecule has 6 nitrogen and oxygen atoms in total. The van der Waals surface area contributed by atoms with Gasteiger partial charge in [0.1, 0.15) is 6.10 Å². The second kappa shape index (κ2) is 5.27. The smallest absolute Gasteiger partial charge is 0.343 e. The maximum Gasteiger partial charge on any atom is 0.343 e. The predicted octanol–water partition coefficient (Wildman–Crippen LogP) is 2.64. The molecule has 1 N–H and O–H groups in total. The van der Waals surface area contributed by atoms with E-state index < -0.39 is 17.7 Å². The minimum atomic E-state index is -1.81. The Balaban J connectivity index is 1.83. The van der Waals surface area contributed by atoms with Crippen LogP contribution in [0, 0.1) is 0 Å². The van der Waals surface area contributed by atoms with E-state index in [4.69, 9.17) is 9.72 Å². The summed E-state index contributed by atoms with van der Waals surface area (Å²) in [6, 6.07) is 11.6. The summed E-state index contributed by atoms with van der Waals surface area (Å²) in [5.41, 5.74) is 1.79. The van der Waals surface area contributed by atoms with Crippen molar-refractivity contribution < 1.29 is 14.6 Å². The molecule has 2 aliphatic rings. The van der Waals surface area contributed by atoms with E-state index in [-0.39, 0.29) is 12.0 Å². The fourth-order valence-electron chi connectivity index (χ4n) is 4.18. The van der Waals surface area contributed by atoms with Crippen LogP contribution in [0.25, 0.3) is 22.3 Å². The molecule has 5 rings (SSSR count). The topological polar surface area (TPSA) is 81.4 Å². The van der Waals surface area contributed by atoms with Crippen LogP contribution in [-0.2, 0) is 21.7 Å². The Morgan fingerprint density at radius 2 is 2.07 bits per heavy atom. The summed E-state index contributed by atoms with van der Waals surface area (Å²) in [7, 11) is 0. The fraction of sp³-hybridized carbons (Fsp3) is 0.286. The highest BCUT2D eigenvalue weighted by Crippen LogP contribution is 2.41. The number of hydrogen-bond donors (Lipinski definition) is 1. The molecule has 0 saturated carbocycles. The van der Waals surface area contributed by atoms with Gasteiger partial charge < -0.3 is 14.4 Å². The van der Waals surface area contributed by atoms with E-state index in [2.05, 4.69) is 0 Å². The normalized spacial score (nSPS) is 22.9. The molecule has 0 radical (unpaired) electrons. The van der Waals surface area contributed by atoms with Crippen LogP contribution in [0.5, 0.6) is 0 Å². The fourth-order valence-corrected chi connectivity index (χ4v) is 4.18. The number of carbonyl (C=O) groups excluding carboxylic acids is 1. The Labute approximate surface area is 155 Å².